The number of aliphatic imine (C=N–C) groups is 1. The molecule has 2 unspecified atom stereocenters. The second kappa shape index (κ2) is 10.5. The average molecular weight is 493 g/mol. The van der Waals surface area contributed by atoms with Crippen LogP contribution in [0.1, 0.15) is 96.7 Å². The molecule has 4 rings (SSSR count). The fraction of sp³-hybridized carbons (Fsp3) is 0.613. The summed E-state index contributed by atoms with van der Waals surface area (Å²) < 4.78 is 5.32. The molecule has 5 nitrogen and oxygen atoms in total. The van der Waals surface area contributed by atoms with Crippen molar-refractivity contribution in [2.45, 2.75) is 97.9 Å². The molecule has 1 saturated carbocycles. The number of rotatable bonds is 8. The van der Waals surface area contributed by atoms with Crippen LogP contribution >= 0.6 is 0 Å². The van der Waals surface area contributed by atoms with Crippen molar-refractivity contribution in [1.82, 2.24) is 4.90 Å². The highest BCUT2D eigenvalue weighted by Gasteiger charge is 2.54. The molecule has 1 aliphatic heterocycles. The Morgan fingerprint density at radius 1 is 1.22 bits per heavy atom. The number of hydrogen-bond acceptors (Lipinski definition) is 4. The zero-order valence-corrected chi connectivity index (χ0v) is 23.0. The molecule has 0 radical (unpaired) electrons. The number of nitrogens with zero attached hydrogens (tertiary/aromatic N) is 2. The summed E-state index contributed by atoms with van der Waals surface area (Å²) in [6.45, 7) is 11.9. The number of aliphatic hydroxyl groups is 1. The predicted octanol–water partition coefficient (Wildman–Crippen LogP) is 7.30. The number of carbonyl (C=O) groups excluding carboxylic acids is 1. The SMILES string of the molecule is COCc1ccc([C@@H](CCC(C)(C)C)N2C(=O)C(C3=CC(O)=CCC3)=NC23CCC(C(C)C)C3)cc1. The fourth-order valence-electron chi connectivity index (χ4n) is 6.07. The van der Waals surface area contributed by atoms with Crippen LogP contribution in [-0.4, -0.2) is 34.4 Å². The van der Waals surface area contributed by atoms with E-state index in [-0.39, 0.29) is 23.1 Å². The van der Waals surface area contributed by atoms with Gasteiger partial charge in [0.15, 0.2) is 0 Å². The molecule has 3 aliphatic rings. The molecule has 196 valence electrons. The molecule has 1 N–H and O–H groups in total. The molecule has 0 bridgehead atoms. The van der Waals surface area contributed by atoms with E-state index in [1.165, 1.54) is 0 Å². The molecule has 0 saturated heterocycles. The van der Waals surface area contributed by atoms with Gasteiger partial charge in [0.25, 0.3) is 5.91 Å². The number of benzene rings is 1. The van der Waals surface area contributed by atoms with Crippen molar-refractivity contribution in [3.63, 3.8) is 0 Å². The van der Waals surface area contributed by atoms with Crippen LogP contribution in [0.15, 0.2) is 52.7 Å². The molecule has 3 atom stereocenters. The van der Waals surface area contributed by atoms with Gasteiger partial charge in [-0.3, -0.25) is 9.79 Å². The topological polar surface area (TPSA) is 62.1 Å². The molecule has 5 heteroatoms. The van der Waals surface area contributed by atoms with Crippen LogP contribution in [0.5, 0.6) is 0 Å². The van der Waals surface area contributed by atoms with E-state index in [2.05, 4.69) is 63.8 Å². The minimum atomic E-state index is -0.507. The lowest BCUT2D eigenvalue weighted by molar-refractivity contribution is -0.131. The van der Waals surface area contributed by atoms with Crippen LogP contribution in [0, 0.1) is 17.3 Å². The molecule has 1 aromatic carbocycles. The summed E-state index contributed by atoms with van der Waals surface area (Å²) in [5.41, 5.74) is 3.39. The minimum absolute atomic E-state index is 0.0280. The van der Waals surface area contributed by atoms with Crippen LogP contribution in [0.2, 0.25) is 0 Å². The Kier molecular flexibility index (Phi) is 7.80. The van der Waals surface area contributed by atoms with E-state index in [4.69, 9.17) is 9.73 Å². The Morgan fingerprint density at radius 3 is 2.53 bits per heavy atom. The highest BCUT2D eigenvalue weighted by Crippen LogP contribution is 2.51. The standard InChI is InChI=1S/C31H44N2O3/c1-21(2)25-14-17-31(19-25)32-28(24-8-7-9-26(34)18-24)29(35)33(31)27(15-16-30(3,4)5)23-12-10-22(11-13-23)20-36-6/h9-13,18,21,25,27,34H,7-8,14-17,19-20H2,1-6H3/t25?,27-,31?/m1/s1. The first-order chi connectivity index (χ1) is 17.0. The molecule has 1 heterocycles. The van der Waals surface area contributed by atoms with Gasteiger partial charge in [-0.15, -0.1) is 0 Å². The molecule has 2 aliphatic carbocycles. The summed E-state index contributed by atoms with van der Waals surface area (Å²) in [5.74, 6) is 1.37. The van der Waals surface area contributed by atoms with E-state index in [9.17, 15) is 9.90 Å². The maximum absolute atomic E-state index is 14.3. The number of aliphatic hydroxyl groups excluding tert-OH is 1. The Bertz CT molecular complexity index is 1040. The van der Waals surface area contributed by atoms with Crippen molar-refractivity contribution in [3.05, 3.63) is 58.9 Å². The third-order valence-electron chi connectivity index (χ3n) is 8.19. The second-order valence-corrected chi connectivity index (χ2v) is 12.5. The third kappa shape index (κ3) is 5.61. The number of ether oxygens (including phenoxy) is 1. The molecule has 1 amide bonds. The first-order valence-corrected chi connectivity index (χ1v) is 13.6. The molecule has 1 aromatic rings. The van der Waals surface area contributed by atoms with Gasteiger partial charge in [-0.25, -0.2) is 0 Å². The predicted molar refractivity (Wildman–Crippen MR) is 146 cm³/mol. The van der Waals surface area contributed by atoms with Crippen molar-refractivity contribution in [3.8, 4) is 0 Å². The van der Waals surface area contributed by atoms with Gasteiger partial charge in [-0.05, 0) is 91.0 Å². The fourth-order valence-corrected chi connectivity index (χ4v) is 6.07. The van der Waals surface area contributed by atoms with Gasteiger partial charge in [0.2, 0.25) is 0 Å². The van der Waals surface area contributed by atoms with Crippen molar-refractivity contribution < 1.29 is 14.6 Å². The number of amides is 1. The van der Waals surface area contributed by atoms with Crippen molar-refractivity contribution in [2.75, 3.05) is 7.11 Å². The lowest BCUT2D eigenvalue weighted by Crippen LogP contribution is -2.48. The van der Waals surface area contributed by atoms with E-state index in [0.29, 0.717) is 24.2 Å². The normalized spacial score (nSPS) is 25.4. The minimum Gasteiger partial charge on any atom is -0.508 e. The molecule has 1 spiro atoms. The Morgan fingerprint density at radius 2 is 1.94 bits per heavy atom. The van der Waals surface area contributed by atoms with E-state index < -0.39 is 5.66 Å². The number of allylic oxidation sites excluding steroid dienone is 2. The Hall–Kier alpha value is -2.40. The first-order valence-electron chi connectivity index (χ1n) is 13.6. The second-order valence-electron chi connectivity index (χ2n) is 12.5. The average Bonchev–Trinajstić information content (AvgIpc) is 3.37. The summed E-state index contributed by atoms with van der Waals surface area (Å²) >= 11 is 0. The zero-order chi connectivity index (χ0) is 26.1. The van der Waals surface area contributed by atoms with Crippen LogP contribution in [0.3, 0.4) is 0 Å². The summed E-state index contributed by atoms with van der Waals surface area (Å²) in [7, 11) is 1.71. The number of methoxy groups -OCH3 is 1. The maximum atomic E-state index is 14.3. The van der Waals surface area contributed by atoms with Crippen LogP contribution < -0.4 is 0 Å². The largest absolute Gasteiger partial charge is 0.508 e. The van der Waals surface area contributed by atoms with Crippen molar-refractivity contribution >= 4 is 11.6 Å². The molecular weight excluding hydrogens is 448 g/mol. The first kappa shape index (κ1) is 26.7. The summed E-state index contributed by atoms with van der Waals surface area (Å²) in [6.07, 6.45) is 9.82. The molecule has 1 fully saturated rings. The molecule has 0 aromatic heterocycles. The molecular formula is C31H44N2O3. The third-order valence-corrected chi connectivity index (χ3v) is 8.19. The van der Waals surface area contributed by atoms with Crippen LogP contribution in [-0.2, 0) is 16.1 Å². The number of carbonyl (C=O) groups is 1. The lowest BCUT2D eigenvalue weighted by Gasteiger charge is -2.41. The summed E-state index contributed by atoms with van der Waals surface area (Å²) in [5, 5.41) is 10.2. The van der Waals surface area contributed by atoms with Gasteiger partial charge in [-0.2, -0.15) is 0 Å². The smallest absolute Gasteiger partial charge is 0.274 e. The van der Waals surface area contributed by atoms with E-state index >= 15 is 0 Å². The monoisotopic (exact) mass is 492 g/mol. The van der Waals surface area contributed by atoms with Crippen LogP contribution in [0.4, 0.5) is 0 Å². The Labute approximate surface area is 217 Å². The summed E-state index contributed by atoms with van der Waals surface area (Å²) in [4.78, 5) is 21.7. The van der Waals surface area contributed by atoms with Gasteiger partial charge in [-0.1, -0.05) is 58.9 Å². The van der Waals surface area contributed by atoms with Gasteiger partial charge in [0.1, 0.15) is 17.1 Å². The van der Waals surface area contributed by atoms with Gasteiger partial charge in [0.05, 0.1) is 12.6 Å². The summed E-state index contributed by atoms with van der Waals surface area (Å²) in [6, 6.07) is 8.54. The van der Waals surface area contributed by atoms with Crippen molar-refractivity contribution in [2.24, 2.45) is 22.2 Å². The van der Waals surface area contributed by atoms with E-state index in [1.807, 2.05) is 6.08 Å². The lowest BCUT2D eigenvalue weighted by atomic mass is 9.85. The molecule has 36 heavy (non-hydrogen) atoms. The van der Waals surface area contributed by atoms with Gasteiger partial charge in [0, 0.05) is 7.11 Å². The highest BCUT2D eigenvalue weighted by atomic mass is 16.5. The quantitative estimate of drug-likeness (QED) is 0.414. The Balaban J connectivity index is 1.77. The van der Waals surface area contributed by atoms with Gasteiger partial charge < -0.3 is 14.7 Å². The van der Waals surface area contributed by atoms with Crippen LogP contribution in [0.25, 0.3) is 0 Å². The zero-order valence-electron chi connectivity index (χ0n) is 23.0. The van der Waals surface area contributed by atoms with Crippen molar-refractivity contribution in [1.29, 1.82) is 0 Å². The highest BCUT2D eigenvalue weighted by molar-refractivity contribution is 6.46. The van der Waals surface area contributed by atoms with E-state index in [0.717, 1.165) is 61.6 Å². The number of hydrogen-bond donors (Lipinski definition) is 1. The van der Waals surface area contributed by atoms with E-state index in [1.54, 1.807) is 13.2 Å². The maximum Gasteiger partial charge on any atom is 0.274 e. The van der Waals surface area contributed by atoms with Gasteiger partial charge >= 0.3 is 0 Å².